The summed E-state index contributed by atoms with van der Waals surface area (Å²) in [6.07, 6.45) is 4.61. The van der Waals surface area contributed by atoms with E-state index in [1.54, 1.807) is 0 Å². The fourth-order valence-corrected chi connectivity index (χ4v) is 9.90. The van der Waals surface area contributed by atoms with E-state index in [2.05, 4.69) is 34.3 Å². The Balaban J connectivity index is 1.53. The van der Waals surface area contributed by atoms with Crippen LogP contribution in [0.25, 0.3) is 0 Å². The summed E-state index contributed by atoms with van der Waals surface area (Å²) >= 11 is 0. The number of Topliss-reactive ketones (excluding diaryl/α,β-unsaturated/α-hetero) is 1. The third kappa shape index (κ3) is 4.41. The van der Waals surface area contributed by atoms with Gasteiger partial charge in [-0.15, -0.1) is 0 Å². The van der Waals surface area contributed by atoms with Crippen molar-refractivity contribution in [2.45, 2.75) is 117 Å². The summed E-state index contributed by atoms with van der Waals surface area (Å²) in [6, 6.07) is 0. The van der Waals surface area contributed by atoms with Crippen molar-refractivity contribution in [1.82, 2.24) is 0 Å². The van der Waals surface area contributed by atoms with Gasteiger partial charge >= 0.3 is 11.9 Å². The molecule has 4 saturated carbocycles. The van der Waals surface area contributed by atoms with Gasteiger partial charge in [0.25, 0.3) is 0 Å². The molecule has 1 aliphatic heterocycles. The van der Waals surface area contributed by atoms with Gasteiger partial charge < -0.3 is 19.3 Å². The number of carbonyl (C=O) groups excluding carboxylic acids is 3. The molecule has 0 aromatic heterocycles. The van der Waals surface area contributed by atoms with E-state index in [-0.39, 0.29) is 47.5 Å². The van der Waals surface area contributed by atoms with Gasteiger partial charge in [-0.2, -0.15) is 0 Å². The van der Waals surface area contributed by atoms with Gasteiger partial charge in [0.2, 0.25) is 0 Å². The number of allylic oxidation sites excluding steroid dienone is 1. The van der Waals surface area contributed by atoms with E-state index in [0.29, 0.717) is 43.4 Å². The largest absolute Gasteiger partial charge is 0.465 e. The monoisotopic (exact) mass is 544 g/mol. The average molecular weight is 545 g/mol. The molecule has 1 saturated heterocycles. The number of carbonyl (C=O) groups is 3. The van der Waals surface area contributed by atoms with E-state index in [4.69, 9.17) is 14.2 Å². The van der Waals surface area contributed by atoms with Crippen molar-refractivity contribution in [3.05, 3.63) is 12.2 Å². The molecule has 11 atom stereocenters. The minimum Gasteiger partial charge on any atom is -0.465 e. The van der Waals surface area contributed by atoms with Crippen molar-refractivity contribution in [3.8, 4) is 0 Å². The van der Waals surface area contributed by atoms with Gasteiger partial charge in [0.15, 0.2) is 5.78 Å². The smallest absolute Gasteiger partial charge is 0.302 e. The van der Waals surface area contributed by atoms with Crippen molar-refractivity contribution < 1.29 is 33.7 Å². The van der Waals surface area contributed by atoms with Crippen LogP contribution in [0.2, 0.25) is 0 Å². The van der Waals surface area contributed by atoms with Crippen LogP contribution in [0.4, 0.5) is 0 Å². The molecule has 1 heterocycles. The van der Waals surface area contributed by atoms with Crippen LogP contribution in [0, 0.1) is 46.3 Å². The maximum atomic E-state index is 14.3. The zero-order valence-corrected chi connectivity index (χ0v) is 24.7. The normalized spacial score (nSPS) is 44.9. The van der Waals surface area contributed by atoms with E-state index >= 15 is 0 Å². The molecule has 218 valence electrons. The van der Waals surface area contributed by atoms with Crippen LogP contribution in [-0.2, 0) is 28.6 Å². The molecule has 0 amide bonds. The first-order chi connectivity index (χ1) is 18.3. The van der Waals surface area contributed by atoms with E-state index in [1.165, 1.54) is 19.4 Å². The van der Waals surface area contributed by atoms with Crippen LogP contribution < -0.4 is 0 Å². The van der Waals surface area contributed by atoms with Gasteiger partial charge in [-0.1, -0.05) is 39.8 Å². The lowest BCUT2D eigenvalue weighted by atomic mass is 9.42. The van der Waals surface area contributed by atoms with Crippen molar-refractivity contribution in [2.75, 3.05) is 6.61 Å². The number of esters is 2. The Labute approximate surface area is 233 Å². The van der Waals surface area contributed by atoms with E-state index in [1.807, 2.05) is 0 Å². The summed E-state index contributed by atoms with van der Waals surface area (Å²) in [5.74, 6) is 0.254. The van der Waals surface area contributed by atoms with E-state index in [0.717, 1.165) is 25.7 Å². The van der Waals surface area contributed by atoms with Crippen LogP contribution in [0.5, 0.6) is 0 Å². The van der Waals surface area contributed by atoms with Crippen molar-refractivity contribution in [1.29, 1.82) is 0 Å². The van der Waals surface area contributed by atoms with Crippen molar-refractivity contribution in [2.24, 2.45) is 46.3 Å². The summed E-state index contributed by atoms with van der Waals surface area (Å²) in [5, 5.41) is 10.6. The topological polar surface area (TPSA) is 102 Å². The molecule has 0 aromatic carbocycles. The lowest BCUT2D eigenvalue weighted by Gasteiger charge is -2.61. The molecule has 4 aliphatic carbocycles. The minimum atomic E-state index is -0.854. The number of ether oxygens (including phenoxy) is 3. The lowest BCUT2D eigenvalue weighted by molar-refractivity contribution is -0.208. The highest BCUT2D eigenvalue weighted by molar-refractivity contribution is 5.92. The van der Waals surface area contributed by atoms with Crippen LogP contribution >= 0.6 is 0 Å². The second kappa shape index (κ2) is 9.97. The standard InChI is InChI=1S/C32H48O7/c1-17(2)18(3)8-9-19(4)23-10-11-24-26-27(25(38-21(6)34)15-30(23,24)7)31(16-37-20(5)33)13-12-22(35)14-32(31)29(39-32)28(26)36/h17,19,22-27,29,35H,3,8-16H2,1-2,4-7H3/t19-,22+,23-,24+,25-,26+,27+,29-,30-,31+,32-/m1/s1. The second-order valence-corrected chi connectivity index (χ2v) is 14.2. The second-order valence-electron chi connectivity index (χ2n) is 14.2. The molecule has 39 heavy (non-hydrogen) atoms. The van der Waals surface area contributed by atoms with Gasteiger partial charge in [-0.3, -0.25) is 14.4 Å². The fourth-order valence-electron chi connectivity index (χ4n) is 9.90. The SMILES string of the molecule is C=C(CC[C@@H](C)[C@H]1CC[C@H]2[C@@H]3C(=O)[C@H]4O[C@]45C[C@@H](O)CC[C@]5(COC(C)=O)[C@H]3[C@H](OC(C)=O)C[C@]12C)C(C)C. The molecule has 5 rings (SSSR count). The summed E-state index contributed by atoms with van der Waals surface area (Å²) in [6.45, 7) is 16.3. The van der Waals surface area contributed by atoms with Crippen LogP contribution in [0.15, 0.2) is 12.2 Å². The highest BCUT2D eigenvalue weighted by Crippen LogP contribution is 2.74. The van der Waals surface area contributed by atoms with Crippen LogP contribution in [-0.4, -0.2) is 53.3 Å². The quantitative estimate of drug-likeness (QED) is 0.260. The molecular weight excluding hydrogens is 496 g/mol. The van der Waals surface area contributed by atoms with Crippen LogP contribution in [0.1, 0.15) is 92.9 Å². The van der Waals surface area contributed by atoms with Gasteiger partial charge in [-0.05, 0) is 74.0 Å². The molecule has 0 bridgehead atoms. The van der Waals surface area contributed by atoms with Crippen molar-refractivity contribution in [3.63, 3.8) is 0 Å². The summed E-state index contributed by atoms with van der Waals surface area (Å²) in [5.41, 5.74) is -0.394. The zero-order chi connectivity index (χ0) is 28.5. The number of ketones is 1. The first-order valence-corrected chi connectivity index (χ1v) is 15.1. The maximum Gasteiger partial charge on any atom is 0.302 e. The summed E-state index contributed by atoms with van der Waals surface area (Å²) in [7, 11) is 0. The maximum absolute atomic E-state index is 14.3. The van der Waals surface area contributed by atoms with Gasteiger partial charge in [-0.25, -0.2) is 0 Å². The Morgan fingerprint density at radius 1 is 1.13 bits per heavy atom. The molecule has 1 spiro atoms. The Kier molecular flexibility index (Phi) is 7.36. The number of epoxide rings is 1. The number of hydrogen-bond acceptors (Lipinski definition) is 7. The summed E-state index contributed by atoms with van der Waals surface area (Å²) in [4.78, 5) is 38.8. The molecular formula is C32H48O7. The first kappa shape index (κ1) is 28.8. The molecule has 0 aromatic rings. The molecule has 7 heteroatoms. The number of rotatable bonds is 8. The predicted octanol–water partition coefficient (Wildman–Crippen LogP) is 5.03. The minimum absolute atomic E-state index is 0.0992. The number of aliphatic hydroxyl groups excluding tert-OH is 1. The summed E-state index contributed by atoms with van der Waals surface area (Å²) < 4.78 is 18.2. The average Bonchev–Trinajstić information content (AvgIpc) is 3.47. The molecule has 0 radical (unpaired) electrons. The van der Waals surface area contributed by atoms with E-state index in [9.17, 15) is 19.5 Å². The predicted molar refractivity (Wildman–Crippen MR) is 145 cm³/mol. The molecule has 1 N–H and O–H groups in total. The highest BCUT2D eigenvalue weighted by Gasteiger charge is 2.83. The number of hydrogen-bond donors (Lipinski definition) is 1. The first-order valence-electron chi connectivity index (χ1n) is 15.1. The third-order valence-corrected chi connectivity index (χ3v) is 11.8. The van der Waals surface area contributed by atoms with Crippen LogP contribution in [0.3, 0.4) is 0 Å². The molecule has 0 unspecified atom stereocenters. The fraction of sp³-hybridized carbons (Fsp3) is 0.844. The highest BCUT2D eigenvalue weighted by atomic mass is 16.6. The van der Waals surface area contributed by atoms with Gasteiger partial charge in [0.1, 0.15) is 24.4 Å². The number of fused-ring (bicyclic) bond motifs is 4. The third-order valence-electron chi connectivity index (χ3n) is 11.8. The molecule has 7 nitrogen and oxygen atoms in total. The van der Waals surface area contributed by atoms with Crippen molar-refractivity contribution >= 4 is 17.7 Å². The Hall–Kier alpha value is -1.73. The molecule has 5 aliphatic rings. The molecule has 5 fully saturated rings. The van der Waals surface area contributed by atoms with Gasteiger partial charge in [0.05, 0.1) is 6.10 Å². The zero-order valence-electron chi connectivity index (χ0n) is 24.7. The number of aliphatic hydroxyl groups is 1. The lowest BCUT2D eigenvalue weighted by Crippen LogP contribution is -2.68. The van der Waals surface area contributed by atoms with E-state index < -0.39 is 29.3 Å². The Morgan fingerprint density at radius 3 is 2.49 bits per heavy atom. The Morgan fingerprint density at radius 2 is 1.85 bits per heavy atom. The van der Waals surface area contributed by atoms with Gasteiger partial charge in [0, 0.05) is 37.5 Å². The Bertz CT molecular complexity index is 1040.